The van der Waals surface area contributed by atoms with E-state index in [4.69, 9.17) is 21.1 Å². The number of hydrogen-bond donors (Lipinski definition) is 2. The lowest BCUT2D eigenvalue weighted by molar-refractivity contribution is -0.159. The zero-order valence-corrected chi connectivity index (χ0v) is 24.2. The average molecular weight is 597 g/mol. The first kappa shape index (κ1) is 29.7. The van der Waals surface area contributed by atoms with Gasteiger partial charge in [-0.05, 0) is 69.6 Å². The van der Waals surface area contributed by atoms with Crippen molar-refractivity contribution < 1.29 is 23.5 Å². The van der Waals surface area contributed by atoms with Crippen LogP contribution in [0.4, 0.5) is 21.6 Å². The van der Waals surface area contributed by atoms with Crippen molar-refractivity contribution in [3.8, 4) is 5.75 Å². The minimum atomic E-state index is -0.518. The van der Waals surface area contributed by atoms with Gasteiger partial charge in [-0.1, -0.05) is 18.2 Å². The van der Waals surface area contributed by atoms with E-state index in [1.165, 1.54) is 24.5 Å². The van der Waals surface area contributed by atoms with Crippen molar-refractivity contribution in [3.05, 3.63) is 60.2 Å². The lowest BCUT2D eigenvalue weighted by Crippen LogP contribution is -2.52. The average Bonchev–Trinajstić information content (AvgIpc) is 2.97. The minimum absolute atomic E-state index is 0.0134. The highest BCUT2D eigenvalue weighted by atomic mass is 35.5. The number of cyclic esters (lactones) is 1. The Morgan fingerprint density at radius 1 is 1.26 bits per heavy atom. The number of likely N-dealkylation sites (tertiary alicyclic amines) is 1. The number of halogens is 2. The molecule has 12 heteroatoms. The van der Waals surface area contributed by atoms with E-state index in [-0.39, 0.29) is 23.0 Å². The predicted molar refractivity (Wildman–Crippen MR) is 160 cm³/mol. The van der Waals surface area contributed by atoms with E-state index in [1.807, 2.05) is 6.92 Å². The largest absolute Gasteiger partial charge is 0.491 e. The Balaban J connectivity index is 1.21. The number of esters is 1. The van der Waals surface area contributed by atoms with E-state index < -0.39 is 5.82 Å². The van der Waals surface area contributed by atoms with Crippen LogP contribution in [-0.2, 0) is 14.3 Å². The predicted octanol–water partition coefficient (Wildman–Crippen LogP) is 4.77. The van der Waals surface area contributed by atoms with Crippen molar-refractivity contribution >= 4 is 51.6 Å². The highest BCUT2D eigenvalue weighted by molar-refractivity contribution is 6.31. The van der Waals surface area contributed by atoms with Gasteiger partial charge in [-0.2, -0.15) is 0 Å². The topological polar surface area (TPSA) is 109 Å². The summed E-state index contributed by atoms with van der Waals surface area (Å²) in [6.07, 6.45) is 5.38. The molecule has 2 aliphatic rings. The molecule has 0 spiro atoms. The van der Waals surface area contributed by atoms with Gasteiger partial charge in [0.25, 0.3) is 0 Å². The summed E-state index contributed by atoms with van der Waals surface area (Å²) in [5.41, 5.74) is 1.61. The van der Waals surface area contributed by atoms with Gasteiger partial charge in [-0.15, -0.1) is 0 Å². The molecular weight excluding hydrogens is 563 g/mol. The van der Waals surface area contributed by atoms with Gasteiger partial charge >= 0.3 is 5.97 Å². The number of aromatic nitrogens is 2. The Morgan fingerprint density at radius 3 is 2.81 bits per heavy atom. The number of amides is 1. The molecule has 1 amide bonds. The smallest absolute Gasteiger partial charge is 0.320 e. The number of piperidine rings is 1. The summed E-state index contributed by atoms with van der Waals surface area (Å²) < 4.78 is 25.0. The molecule has 2 aromatic carbocycles. The van der Waals surface area contributed by atoms with Crippen LogP contribution in [0.2, 0.25) is 5.02 Å². The Hall–Kier alpha value is -3.80. The Bertz CT molecular complexity index is 1470. The number of nitrogens with zero attached hydrogens (tertiary/aromatic N) is 4. The molecule has 3 heterocycles. The lowest BCUT2D eigenvalue weighted by atomic mass is 10.0. The first-order chi connectivity index (χ1) is 20.3. The Kier molecular flexibility index (Phi) is 9.51. The third kappa shape index (κ3) is 7.33. The molecule has 42 heavy (non-hydrogen) atoms. The van der Waals surface area contributed by atoms with Crippen molar-refractivity contribution in [1.82, 2.24) is 19.8 Å². The molecule has 1 atom stereocenters. The number of fused-ring (bicyclic) bond motifs is 1. The molecule has 5 rings (SSSR count). The van der Waals surface area contributed by atoms with Gasteiger partial charge in [0, 0.05) is 36.3 Å². The molecule has 0 radical (unpaired) electrons. The van der Waals surface area contributed by atoms with Crippen molar-refractivity contribution in [1.29, 1.82) is 0 Å². The minimum Gasteiger partial charge on any atom is -0.491 e. The highest BCUT2D eigenvalue weighted by Crippen LogP contribution is 2.34. The lowest BCUT2D eigenvalue weighted by Gasteiger charge is -2.41. The molecule has 0 saturated carbocycles. The van der Waals surface area contributed by atoms with E-state index in [0.717, 1.165) is 45.4 Å². The quantitative estimate of drug-likeness (QED) is 0.194. The molecule has 2 saturated heterocycles. The number of carbonyl (C=O) groups excluding carboxylic acids is 2. The normalized spacial score (nSPS) is 18.5. The van der Waals surface area contributed by atoms with Gasteiger partial charge in [0.1, 0.15) is 29.8 Å². The fourth-order valence-corrected chi connectivity index (χ4v) is 5.59. The van der Waals surface area contributed by atoms with Crippen LogP contribution in [0.25, 0.3) is 10.9 Å². The van der Waals surface area contributed by atoms with Crippen LogP contribution >= 0.6 is 11.6 Å². The number of nitrogens with one attached hydrogen (secondary N) is 2. The van der Waals surface area contributed by atoms with E-state index >= 15 is 0 Å². The molecule has 1 unspecified atom stereocenters. The monoisotopic (exact) mass is 596 g/mol. The van der Waals surface area contributed by atoms with Crippen LogP contribution in [-0.4, -0.2) is 83.1 Å². The number of morpholine rings is 1. The maximum atomic E-state index is 13.6. The van der Waals surface area contributed by atoms with E-state index in [2.05, 4.69) is 37.0 Å². The zero-order valence-electron chi connectivity index (χ0n) is 23.4. The fourth-order valence-electron chi connectivity index (χ4n) is 5.41. The summed E-state index contributed by atoms with van der Waals surface area (Å²) in [6, 6.07) is 8.19. The van der Waals surface area contributed by atoms with E-state index in [1.54, 1.807) is 18.2 Å². The first-order valence-corrected chi connectivity index (χ1v) is 14.4. The number of ether oxygens (including phenoxy) is 2. The Labute approximate surface area is 248 Å². The summed E-state index contributed by atoms with van der Waals surface area (Å²) in [6.45, 7) is 9.91. The van der Waals surface area contributed by atoms with Crippen LogP contribution < -0.4 is 15.4 Å². The van der Waals surface area contributed by atoms with Crippen LogP contribution in [0.1, 0.15) is 26.2 Å². The highest BCUT2D eigenvalue weighted by Gasteiger charge is 2.31. The summed E-state index contributed by atoms with van der Waals surface area (Å²) in [7, 11) is 0. The van der Waals surface area contributed by atoms with Crippen molar-refractivity contribution in [2.75, 3.05) is 50.0 Å². The summed E-state index contributed by atoms with van der Waals surface area (Å²) in [5.74, 6) is -0.0899. The zero-order chi connectivity index (χ0) is 29.6. The first-order valence-electron chi connectivity index (χ1n) is 14.0. The molecule has 0 aliphatic carbocycles. The molecule has 222 valence electrons. The molecule has 10 nitrogen and oxygen atoms in total. The molecular formula is C30H34ClFN6O4. The van der Waals surface area contributed by atoms with Gasteiger partial charge in [0.2, 0.25) is 5.91 Å². The van der Waals surface area contributed by atoms with Crippen LogP contribution in [0.5, 0.6) is 5.75 Å². The van der Waals surface area contributed by atoms with Gasteiger partial charge < -0.3 is 25.0 Å². The van der Waals surface area contributed by atoms with Gasteiger partial charge in [-0.3, -0.25) is 14.5 Å². The third-order valence-corrected chi connectivity index (χ3v) is 7.76. The number of benzene rings is 2. The number of rotatable bonds is 10. The van der Waals surface area contributed by atoms with Crippen molar-refractivity contribution in [2.24, 2.45) is 0 Å². The van der Waals surface area contributed by atoms with Gasteiger partial charge in [0.05, 0.1) is 29.4 Å². The van der Waals surface area contributed by atoms with Crippen molar-refractivity contribution in [2.45, 2.75) is 38.3 Å². The SMILES string of the molecule is C=CC(=O)Nc1cc2c(Nc3ccc(F)c(Cl)c3)ncnc2cc1OCCCN1CCC(N2CC(=O)OC(C)C2)CC1. The molecule has 2 N–H and O–H groups in total. The third-order valence-electron chi connectivity index (χ3n) is 7.47. The summed E-state index contributed by atoms with van der Waals surface area (Å²) in [4.78, 5) is 37.4. The molecule has 2 aliphatic heterocycles. The molecule has 2 fully saturated rings. The maximum Gasteiger partial charge on any atom is 0.320 e. The second-order valence-corrected chi connectivity index (χ2v) is 10.9. The standard InChI is InChI=1S/C30H34ClFN6O4/c1-3-28(39)36-26-14-22-25(33-18-34-30(22)35-20-5-6-24(32)23(31)13-20)15-27(26)41-12-4-9-37-10-7-21(8-11-37)38-16-19(2)42-29(40)17-38/h3,5-6,13-15,18-19,21H,1,4,7-12,16-17H2,2H3,(H,36,39)(H,33,34,35). The number of anilines is 3. The second kappa shape index (κ2) is 13.5. The fraction of sp³-hybridized carbons (Fsp3) is 0.400. The van der Waals surface area contributed by atoms with E-state index in [9.17, 15) is 14.0 Å². The van der Waals surface area contributed by atoms with Gasteiger partial charge in [0.15, 0.2) is 0 Å². The maximum absolute atomic E-state index is 13.6. The second-order valence-electron chi connectivity index (χ2n) is 10.5. The molecule has 0 bridgehead atoms. The van der Waals surface area contributed by atoms with Crippen LogP contribution in [0.3, 0.4) is 0 Å². The number of hydrogen-bond acceptors (Lipinski definition) is 9. The van der Waals surface area contributed by atoms with Crippen LogP contribution in [0, 0.1) is 5.82 Å². The van der Waals surface area contributed by atoms with Gasteiger partial charge in [-0.25, -0.2) is 14.4 Å². The van der Waals surface area contributed by atoms with Crippen LogP contribution in [0.15, 0.2) is 49.3 Å². The summed E-state index contributed by atoms with van der Waals surface area (Å²) in [5, 5.41) is 6.56. The number of carbonyl (C=O) groups is 2. The van der Waals surface area contributed by atoms with E-state index in [0.29, 0.717) is 53.0 Å². The molecule has 3 aromatic rings. The van der Waals surface area contributed by atoms with Crippen molar-refractivity contribution in [3.63, 3.8) is 0 Å². The summed E-state index contributed by atoms with van der Waals surface area (Å²) >= 11 is 5.93. The molecule has 1 aromatic heterocycles. The Morgan fingerprint density at radius 2 is 2.07 bits per heavy atom.